The van der Waals surface area contributed by atoms with E-state index < -0.39 is 182 Å². The minimum absolute atomic E-state index is 0.0841. The summed E-state index contributed by atoms with van der Waals surface area (Å²) in [6, 6.07) is 20.2. The number of benzene rings is 4. The van der Waals surface area contributed by atoms with Gasteiger partial charge in [-0.25, -0.2) is 35.8 Å². The predicted molar refractivity (Wildman–Crippen MR) is 437 cm³/mol. The fourth-order valence-electron chi connectivity index (χ4n) is 12.8. The van der Waals surface area contributed by atoms with Gasteiger partial charge in [0.05, 0.1) is 34.7 Å². The number of rotatable bonds is 16. The Morgan fingerprint density at radius 2 is 0.781 bits per heavy atom. The van der Waals surface area contributed by atoms with Crippen LogP contribution < -0.4 is 40.1 Å². The highest BCUT2D eigenvalue weighted by molar-refractivity contribution is 7.71. The SMILES string of the molecule is C#Cc1cn([C@@H]2O[C@](F)(COP3(=O)OCc4cccc(C)c4O3)[C@@H](O)[C@H]2O)c(=S)[nH]c1=O.[2H]C([2H])(OP1(=O)OCc2cccc(C)c2O1)[C@@]1(F)O[C@@H](n2cc(C#C)c(=O)[nH]c2=S)[C@H](O)[C@@H]1O.[2H]C([2H])(OP1(=O)OCc2cccc(C)c2O1)[C@@]1(F)O[C@@]([2H])(N2C=C(C#C)C(=O)NC2=C)[C@H](O)[C@@H]1O.[2H][C@@]1(n2cc(C#C)c(=O)[nH]c2=S)O[C@](F)(COP2(=O)OCc3cccc(C)c3O2)[C@@H](O)[C@H]1O. The van der Waals surface area contributed by atoms with Gasteiger partial charge in [0, 0.05) is 47.0 Å². The number of aryl methyl sites for hydroxylation is 4. The number of amides is 1. The molecule has 0 saturated carbocycles. The molecule has 4 aromatic carbocycles. The quantitative estimate of drug-likeness (QED) is 0.0206. The van der Waals surface area contributed by atoms with Crippen molar-refractivity contribution in [3.05, 3.63) is 222 Å². The molecular formula is C77H74F4N8O32P4S3. The number of hydrogen-bond acceptors (Lipinski definition) is 36. The number of phosphoric acid groups is 4. The molecule has 4 fully saturated rings. The van der Waals surface area contributed by atoms with Crippen molar-refractivity contribution in [3.63, 3.8) is 0 Å². The smallest absolute Gasteiger partial charge is 0.403 e. The average molecular weight is 1930 g/mol. The van der Waals surface area contributed by atoms with Crippen molar-refractivity contribution < 1.29 is 163 Å². The topological polar surface area (TPSA) is 524 Å². The van der Waals surface area contributed by atoms with Gasteiger partial charge in [0.1, 0.15) is 126 Å². The van der Waals surface area contributed by atoms with Crippen LogP contribution in [0.5, 0.6) is 23.0 Å². The number of carbonyl (C=O) groups is 1. The second kappa shape index (κ2) is 37.2. The molecule has 9 aliphatic heterocycles. The van der Waals surface area contributed by atoms with Gasteiger partial charge in [0.2, 0.25) is 0 Å². The Morgan fingerprint density at radius 1 is 0.477 bits per heavy atom. The molecular weight excluding hydrogens is 1840 g/mol. The average Bonchev–Trinajstić information content (AvgIpc) is 1.56. The highest BCUT2D eigenvalue weighted by atomic mass is 32.1. The van der Waals surface area contributed by atoms with Crippen LogP contribution in [0.2, 0.25) is 0 Å². The number of phosphoric ester groups is 4. The third kappa shape index (κ3) is 19.4. The summed E-state index contributed by atoms with van der Waals surface area (Å²) in [5, 5.41) is 85.3. The largest absolute Gasteiger partial charge is 0.530 e. The van der Waals surface area contributed by atoms with Crippen LogP contribution in [0, 0.1) is 91.4 Å². The van der Waals surface area contributed by atoms with Gasteiger partial charge < -0.3 is 88.1 Å². The molecule has 12 N–H and O–H groups in total. The highest BCUT2D eigenvalue weighted by Gasteiger charge is 2.63. The number of halogens is 4. The molecule has 0 aliphatic carbocycles. The number of carbonyl (C=O) groups excluding carboxylic acids is 1. The zero-order valence-corrected chi connectivity index (χ0v) is 72.0. The highest BCUT2D eigenvalue weighted by Crippen LogP contribution is 2.61. The van der Waals surface area contributed by atoms with E-state index >= 15 is 17.6 Å². The number of nitrogens with one attached hydrogen (secondary N) is 4. The lowest BCUT2D eigenvalue weighted by Crippen LogP contribution is -2.47. The second-order valence-corrected chi connectivity index (χ2v) is 35.7. The monoisotopic (exact) mass is 1920 g/mol. The van der Waals surface area contributed by atoms with E-state index in [1.807, 2.05) is 5.92 Å². The summed E-state index contributed by atoms with van der Waals surface area (Å²) < 4.78 is 247. The van der Waals surface area contributed by atoms with Crippen LogP contribution in [-0.4, -0.2) is 185 Å². The van der Waals surface area contributed by atoms with Crippen LogP contribution >= 0.6 is 67.9 Å². The molecule has 128 heavy (non-hydrogen) atoms. The van der Waals surface area contributed by atoms with Gasteiger partial charge in [-0.15, -0.1) is 25.7 Å². The summed E-state index contributed by atoms with van der Waals surface area (Å²) >= 11 is 15.0. The second-order valence-electron chi connectivity index (χ2n) is 28.3. The number of ether oxygens (including phenoxy) is 4. The number of hydrogen-bond donors (Lipinski definition) is 12. The first-order chi connectivity index (χ1) is 62.5. The number of aliphatic hydroxyl groups excluding tert-OH is 8. The molecule has 0 spiro atoms. The van der Waals surface area contributed by atoms with Gasteiger partial charge in [-0.3, -0.25) is 84.0 Å². The third-order valence-electron chi connectivity index (χ3n) is 19.6. The normalized spacial score (nSPS) is 34.3. The number of aromatic amines is 3. The molecule has 7 aromatic rings. The Balaban J connectivity index is 0.000000152. The van der Waals surface area contributed by atoms with E-state index in [0.29, 0.717) is 59.7 Å². The van der Waals surface area contributed by atoms with Crippen molar-refractivity contribution in [2.24, 2.45) is 0 Å². The van der Waals surface area contributed by atoms with E-state index in [-0.39, 0.29) is 81.3 Å². The lowest BCUT2D eigenvalue weighted by Gasteiger charge is -2.33. The molecule has 3 aromatic heterocycles. The number of alkyl halides is 4. The number of para-hydroxylation sites is 4. The van der Waals surface area contributed by atoms with Crippen molar-refractivity contribution in [1.29, 1.82) is 0 Å². The fourth-order valence-corrected chi connectivity index (χ4v) is 18.5. The van der Waals surface area contributed by atoms with Crippen LogP contribution in [0.1, 0.15) is 88.1 Å². The molecule has 9 aliphatic rings. The molecule has 680 valence electrons. The van der Waals surface area contributed by atoms with Crippen LogP contribution in [-0.2, 0) is 105 Å². The number of terminal acetylenes is 4. The van der Waals surface area contributed by atoms with Crippen LogP contribution in [0.15, 0.2) is 130 Å². The fraction of sp³-hybridized carbons (Fsp3) is 0.364. The first kappa shape index (κ1) is 87.5. The van der Waals surface area contributed by atoms with Crippen LogP contribution in [0.25, 0.3) is 0 Å². The summed E-state index contributed by atoms with van der Waals surface area (Å²) in [6.07, 6.45) is -2.81. The van der Waals surface area contributed by atoms with Gasteiger partial charge >= 0.3 is 31.3 Å². The molecule has 0 radical (unpaired) electrons. The summed E-state index contributed by atoms with van der Waals surface area (Å²) in [6.45, 7) is -0.459. The lowest BCUT2D eigenvalue weighted by atomic mass is 10.1. The van der Waals surface area contributed by atoms with Gasteiger partial charge in [0.15, 0.2) is 39.2 Å². The van der Waals surface area contributed by atoms with Crippen LogP contribution in [0.4, 0.5) is 17.6 Å². The van der Waals surface area contributed by atoms with Gasteiger partial charge in [0.25, 0.3) is 46.0 Å². The molecule has 1 amide bonds. The summed E-state index contributed by atoms with van der Waals surface area (Å²) in [7, 11) is -18.1. The zero-order valence-electron chi connectivity index (χ0n) is 72.0. The minimum atomic E-state index is -4.82. The number of nitrogens with zero attached hydrogens (tertiary/aromatic N) is 4. The van der Waals surface area contributed by atoms with E-state index in [1.165, 1.54) is 0 Å². The van der Waals surface area contributed by atoms with Gasteiger partial charge in [-0.05, 0) is 86.6 Å². The standard InChI is InChI=1S/C20H20FN2O8P.3C19H18FN2O8PS/c1-4-13-8-23(12(3)22-18(13)26)19-15(24)17(25)20(21,30-19)10-29-32(27)28-9-14-7-5-6-11(2)16(14)31-32;3*1-3-11-7-22(18(32)21-16(11)25)17-13(23)15(24)19(20,29-17)9-28-31(26)27-8-12-6-4-5-10(2)14(12)30-31/h1,5-8,15,17,19,24-25H,3,9-10H2,2H3,(H,22,26);3*1,4-7,13,15,17,23-24H,8-9H2,2H3,(H,21,25,32)/t15-,17+,19-,20-,32?;3*13-,15+,17-,19-,31?/m1111/s1/i10D2,19D;17D;9D2;. The molecule has 4 unspecified atom stereocenters. The maximum atomic E-state index is 16.0. The molecule has 12 heterocycles. The van der Waals surface area contributed by atoms with Crippen molar-refractivity contribution >= 4 is 73.9 Å². The van der Waals surface area contributed by atoms with Crippen LogP contribution in [0.3, 0.4) is 0 Å². The Labute approximate surface area is 744 Å². The number of H-pyrrole nitrogens is 3. The first-order valence-corrected chi connectivity index (χ1v) is 43.8. The van der Waals surface area contributed by atoms with E-state index in [2.05, 4.69) is 44.6 Å². The Kier molecular flexibility index (Phi) is 25.5. The summed E-state index contributed by atoms with van der Waals surface area (Å²) in [4.78, 5) is 54.5. The van der Waals surface area contributed by atoms with Crippen molar-refractivity contribution in [2.75, 3.05) is 26.3 Å². The van der Waals surface area contributed by atoms with Crippen molar-refractivity contribution in [3.8, 4) is 72.4 Å². The molecule has 0 bridgehead atoms. The molecule has 16 rings (SSSR count). The third-order valence-corrected chi connectivity index (χ3v) is 25.5. The van der Waals surface area contributed by atoms with E-state index in [0.717, 1.165) is 33.9 Å². The summed E-state index contributed by atoms with van der Waals surface area (Å²) in [5.74, 6) is -6.19. The van der Waals surface area contributed by atoms with Crippen molar-refractivity contribution in [2.45, 2.75) is 151 Å². The maximum absolute atomic E-state index is 16.0. The Morgan fingerprint density at radius 3 is 1.16 bits per heavy atom. The zero-order chi connectivity index (χ0) is 98.5. The lowest BCUT2D eigenvalue weighted by molar-refractivity contribution is -0.208. The maximum Gasteiger partial charge on any atom is 0.530 e. The molecule has 51 heteroatoms. The number of aromatic nitrogens is 6. The van der Waals surface area contributed by atoms with Crippen molar-refractivity contribution in [1.82, 2.24) is 38.9 Å². The molecule has 20 atom stereocenters. The van der Waals surface area contributed by atoms with E-state index in [9.17, 15) is 78.3 Å². The summed E-state index contributed by atoms with van der Waals surface area (Å²) in [5.41, 5.74) is 1.44. The predicted octanol–water partition coefficient (Wildman–Crippen LogP) is 6.73. The first-order valence-electron chi connectivity index (χ1n) is 39.7. The van der Waals surface area contributed by atoms with Gasteiger partial charge in [-0.1, -0.05) is 103 Å². The molecule has 4 saturated heterocycles. The Bertz CT molecular complexity index is 6780. The van der Waals surface area contributed by atoms with E-state index in [1.54, 1.807) is 100 Å². The van der Waals surface area contributed by atoms with E-state index in [4.69, 9.17) is 144 Å². The molecule has 40 nitrogen and oxygen atoms in total. The number of aliphatic hydroxyl groups is 8. The number of fused-ring (bicyclic) bond motifs is 4. The van der Waals surface area contributed by atoms with Gasteiger partial charge in [-0.2, -0.15) is 0 Å². The Hall–Kier alpha value is -9.79. The minimum Gasteiger partial charge on any atom is -0.403 e.